The van der Waals surface area contributed by atoms with Crippen LogP contribution in [-0.4, -0.2) is 42.2 Å². The van der Waals surface area contributed by atoms with Crippen LogP contribution >= 0.6 is 0 Å². The lowest BCUT2D eigenvalue weighted by molar-refractivity contribution is 0.0368. The molecule has 0 saturated carbocycles. The van der Waals surface area contributed by atoms with Gasteiger partial charge in [0.15, 0.2) is 0 Å². The highest BCUT2D eigenvalue weighted by Gasteiger charge is 2.20. The van der Waals surface area contributed by atoms with Crippen molar-refractivity contribution in [3.8, 4) is 0 Å². The summed E-state index contributed by atoms with van der Waals surface area (Å²) in [5.74, 6) is -0.0882. The summed E-state index contributed by atoms with van der Waals surface area (Å²) in [6, 6.07) is 7.25. The highest BCUT2D eigenvalue weighted by Crippen LogP contribution is 2.12. The first-order chi connectivity index (χ1) is 7.83. The molecule has 0 heterocycles. The number of rotatable bonds is 4. The van der Waals surface area contributed by atoms with Gasteiger partial charge in [-0.25, -0.2) is 0 Å². The van der Waals surface area contributed by atoms with Crippen LogP contribution in [0.1, 0.15) is 24.2 Å². The van der Waals surface area contributed by atoms with Crippen LogP contribution in [0.25, 0.3) is 0 Å². The zero-order chi connectivity index (χ0) is 13.1. The fourth-order valence-electron chi connectivity index (χ4n) is 1.65. The second-order valence-corrected chi connectivity index (χ2v) is 4.80. The molecule has 0 bridgehead atoms. The van der Waals surface area contributed by atoms with E-state index in [9.17, 15) is 9.90 Å². The lowest BCUT2D eigenvalue weighted by Gasteiger charge is -2.25. The average Bonchev–Trinajstić information content (AvgIpc) is 2.26. The highest BCUT2D eigenvalue weighted by molar-refractivity contribution is 5.94. The summed E-state index contributed by atoms with van der Waals surface area (Å²) in [6.07, 6.45) is 0. The maximum Gasteiger partial charge on any atom is 0.253 e. The fraction of sp³-hybridized carbons (Fsp3) is 0.462. The Balaban J connectivity index is 2.75. The van der Waals surface area contributed by atoms with Gasteiger partial charge in [0.05, 0.1) is 5.60 Å². The first-order valence-corrected chi connectivity index (χ1v) is 5.59. The second kappa shape index (κ2) is 5.19. The lowest BCUT2D eigenvalue weighted by atomic mass is 10.1. The Morgan fingerprint density at radius 2 is 1.88 bits per heavy atom. The monoisotopic (exact) mass is 236 g/mol. The Bertz CT molecular complexity index is 379. The Morgan fingerprint density at radius 1 is 1.35 bits per heavy atom. The summed E-state index contributed by atoms with van der Waals surface area (Å²) in [5.41, 5.74) is 0.706. The van der Waals surface area contributed by atoms with Gasteiger partial charge in [0.25, 0.3) is 5.91 Å². The van der Waals surface area contributed by atoms with Gasteiger partial charge in [0.2, 0.25) is 0 Å². The number of carbonyl (C=O) groups excluding carboxylic acids is 1. The first kappa shape index (κ1) is 13.5. The van der Waals surface area contributed by atoms with Crippen LogP contribution in [0, 0.1) is 0 Å². The van der Waals surface area contributed by atoms with E-state index in [0.29, 0.717) is 12.1 Å². The zero-order valence-corrected chi connectivity index (χ0v) is 10.8. The van der Waals surface area contributed by atoms with Gasteiger partial charge in [0.1, 0.15) is 0 Å². The number of hydrogen-bond donors (Lipinski definition) is 2. The SMILES string of the molecule is CNc1ccc(C(=O)N(C)CC(C)(C)O)cc1. The van der Waals surface area contributed by atoms with Crippen LogP contribution in [0.3, 0.4) is 0 Å². The Hall–Kier alpha value is -1.55. The van der Waals surface area contributed by atoms with Gasteiger partial charge in [-0.05, 0) is 38.1 Å². The third-order valence-electron chi connectivity index (χ3n) is 2.39. The lowest BCUT2D eigenvalue weighted by Crippen LogP contribution is -2.39. The minimum atomic E-state index is -0.880. The molecule has 4 nitrogen and oxygen atoms in total. The van der Waals surface area contributed by atoms with Crippen molar-refractivity contribution in [2.24, 2.45) is 0 Å². The largest absolute Gasteiger partial charge is 0.389 e. The van der Waals surface area contributed by atoms with Gasteiger partial charge in [-0.15, -0.1) is 0 Å². The third-order valence-corrected chi connectivity index (χ3v) is 2.39. The van der Waals surface area contributed by atoms with E-state index in [2.05, 4.69) is 5.32 Å². The van der Waals surface area contributed by atoms with Crippen molar-refractivity contribution in [1.29, 1.82) is 0 Å². The number of nitrogens with zero attached hydrogens (tertiary/aromatic N) is 1. The Kier molecular flexibility index (Phi) is 4.12. The van der Waals surface area contributed by atoms with Crippen molar-refractivity contribution in [1.82, 2.24) is 4.90 Å². The normalized spacial score (nSPS) is 11.1. The molecule has 0 atom stereocenters. The maximum atomic E-state index is 12.0. The molecule has 1 rings (SSSR count). The van der Waals surface area contributed by atoms with Crippen LogP contribution in [0.5, 0.6) is 0 Å². The van der Waals surface area contributed by atoms with E-state index < -0.39 is 5.60 Å². The van der Waals surface area contributed by atoms with Crippen molar-refractivity contribution >= 4 is 11.6 Å². The molecule has 0 aliphatic heterocycles. The van der Waals surface area contributed by atoms with Crippen molar-refractivity contribution in [3.05, 3.63) is 29.8 Å². The molecule has 0 spiro atoms. The molecule has 4 heteroatoms. The highest BCUT2D eigenvalue weighted by atomic mass is 16.3. The quantitative estimate of drug-likeness (QED) is 0.834. The van der Waals surface area contributed by atoms with E-state index in [0.717, 1.165) is 5.69 Å². The molecule has 2 N–H and O–H groups in total. The van der Waals surface area contributed by atoms with E-state index in [1.54, 1.807) is 33.0 Å². The van der Waals surface area contributed by atoms with Gasteiger partial charge in [-0.2, -0.15) is 0 Å². The Labute approximate surface area is 102 Å². The predicted octanol–water partition coefficient (Wildman–Crippen LogP) is 1.57. The number of amides is 1. The minimum absolute atomic E-state index is 0.0882. The summed E-state index contributed by atoms with van der Waals surface area (Å²) in [5, 5.41) is 12.7. The fourth-order valence-corrected chi connectivity index (χ4v) is 1.65. The number of hydrogen-bond acceptors (Lipinski definition) is 3. The van der Waals surface area contributed by atoms with E-state index in [1.807, 2.05) is 19.2 Å². The molecule has 1 amide bonds. The molecule has 0 fully saturated rings. The van der Waals surface area contributed by atoms with Gasteiger partial charge >= 0.3 is 0 Å². The topological polar surface area (TPSA) is 52.6 Å². The molecular formula is C13H20N2O2. The number of aliphatic hydroxyl groups is 1. The molecule has 0 aromatic heterocycles. The van der Waals surface area contributed by atoms with Crippen molar-refractivity contribution in [3.63, 3.8) is 0 Å². The predicted molar refractivity (Wildman–Crippen MR) is 69.2 cm³/mol. The summed E-state index contributed by atoms with van der Waals surface area (Å²) >= 11 is 0. The first-order valence-electron chi connectivity index (χ1n) is 5.59. The zero-order valence-electron chi connectivity index (χ0n) is 10.8. The molecule has 0 radical (unpaired) electrons. The number of benzene rings is 1. The van der Waals surface area contributed by atoms with Gasteiger partial charge < -0.3 is 15.3 Å². The molecule has 1 aromatic carbocycles. The van der Waals surface area contributed by atoms with Crippen molar-refractivity contribution < 1.29 is 9.90 Å². The summed E-state index contributed by atoms with van der Waals surface area (Å²) in [4.78, 5) is 13.5. The minimum Gasteiger partial charge on any atom is -0.389 e. The molecule has 0 saturated heterocycles. The smallest absolute Gasteiger partial charge is 0.253 e. The second-order valence-electron chi connectivity index (χ2n) is 4.80. The van der Waals surface area contributed by atoms with Crippen LogP contribution in [0.4, 0.5) is 5.69 Å². The summed E-state index contributed by atoms with van der Waals surface area (Å²) in [6.45, 7) is 3.67. The standard InChI is InChI=1S/C13H20N2O2/c1-13(2,17)9-15(4)12(16)10-5-7-11(14-3)8-6-10/h5-8,14,17H,9H2,1-4H3. The van der Waals surface area contributed by atoms with E-state index in [-0.39, 0.29) is 5.91 Å². The van der Waals surface area contributed by atoms with Gasteiger partial charge in [0, 0.05) is 31.9 Å². The summed E-state index contributed by atoms with van der Waals surface area (Å²) in [7, 11) is 3.52. The number of carbonyl (C=O) groups is 1. The van der Waals surface area contributed by atoms with Crippen LogP contribution < -0.4 is 5.32 Å². The van der Waals surface area contributed by atoms with Gasteiger partial charge in [-0.1, -0.05) is 0 Å². The van der Waals surface area contributed by atoms with Gasteiger partial charge in [-0.3, -0.25) is 4.79 Å². The molecule has 0 unspecified atom stereocenters. The number of anilines is 1. The van der Waals surface area contributed by atoms with Crippen LogP contribution in [0.15, 0.2) is 24.3 Å². The van der Waals surface area contributed by atoms with E-state index in [4.69, 9.17) is 0 Å². The summed E-state index contributed by atoms with van der Waals surface area (Å²) < 4.78 is 0. The van der Waals surface area contributed by atoms with Crippen molar-refractivity contribution in [2.75, 3.05) is 26.0 Å². The molecular weight excluding hydrogens is 216 g/mol. The number of nitrogens with one attached hydrogen (secondary N) is 1. The van der Waals surface area contributed by atoms with Crippen LogP contribution in [-0.2, 0) is 0 Å². The number of likely N-dealkylation sites (N-methyl/N-ethyl adjacent to an activating group) is 1. The average molecular weight is 236 g/mol. The maximum absolute atomic E-state index is 12.0. The van der Waals surface area contributed by atoms with E-state index >= 15 is 0 Å². The molecule has 0 aliphatic carbocycles. The third kappa shape index (κ3) is 4.07. The Morgan fingerprint density at radius 3 is 2.29 bits per heavy atom. The molecule has 17 heavy (non-hydrogen) atoms. The van der Waals surface area contributed by atoms with Crippen molar-refractivity contribution in [2.45, 2.75) is 19.4 Å². The molecule has 94 valence electrons. The molecule has 1 aromatic rings. The van der Waals surface area contributed by atoms with E-state index in [1.165, 1.54) is 4.90 Å². The van der Waals surface area contributed by atoms with Crippen LogP contribution in [0.2, 0.25) is 0 Å². The molecule has 0 aliphatic rings.